The minimum Gasteiger partial charge on any atom is -0.370 e. The molecule has 0 aromatic rings. The Morgan fingerprint density at radius 3 is 1.36 bits per heavy atom. The Kier molecular flexibility index (Phi) is 9.50. The Balaban J connectivity index is 0.00000102. The summed E-state index contributed by atoms with van der Waals surface area (Å²) in [5, 5.41) is 15.4. The van der Waals surface area contributed by atoms with Gasteiger partial charge in [0.05, 0.1) is 36.8 Å². The fraction of sp³-hybridized carbons (Fsp3) is 0.833. The van der Waals surface area contributed by atoms with Crippen molar-refractivity contribution < 1.29 is 9.32 Å². The van der Waals surface area contributed by atoms with E-state index in [4.69, 9.17) is 9.32 Å². The third-order valence-corrected chi connectivity index (χ3v) is 3.06. The van der Waals surface area contributed by atoms with E-state index in [9.17, 15) is 0 Å². The van der Waals surface area contributed by atoms with Gasteiger partial charge in [0.2, 0.25) is 0 Å². The quantitative estimate of drug-likeness (QED) is 0.569. The molecule has 0 radical (unpaired) electrons. The van der Waals surface area contributed by atoms with Crippen molar-refractivity contribution in [3.63, 3.8) is 0 Å². The van der Waals surface area contributed by atoms with Crippen molar-refractivity contribution >= 4 is 35.4 Å². The highest BCUT2D eigenvalue weighted by Gasteiger charge is 2.31. The van der Waals surface area contributed by atoms with Crippen molar-refractivity contribution in [3.05, 3.63) is 0 Å². The predicted molar refractivity (Wildman–Crippen MR) is 89.8 cm³/mol. The van der Waals surface area contributed by atoms with E-state index in [0.29, 0.717) is 0 Å². The first-order valence-corrected chi connectivity index (χ1v) is 7.45. The van der Waals surface area contributed by atoms with Crippen molar-refractivity contribution in [2.75, 3.05) is 26.2 Å². The Morgan fingerprint density at radius 2 is 1.14 bits per heavy atom. The van der Waals surface area contributed by atoms with Crippen LogP contribution < -0.4 is 10.6 Å². The van der Waals surface area contributed by atoms with Crippen molar-refractivity contribution in [1.29, 1.82) is 0 Å². The van der Waals surface area contributed by atoms with Crippen molar-refractivity contribution in [2.45, 2.75) is 38.8 Å². The molecule has 2 rings (SSSR count). The van der Waals surface area contributed by atoms with Crippen LogP contribution in [0.1, 0.15) is 27.7 Å². The van der Waals surface area contributed by atoms with Crippen molar-refractivity contribution in [3.8, 4) is 0 Å². The lowest BCUT2D eigenvalue weighted by Gasteiger charge is -2.23. The molecule has 2 aliphatic rings. The molecule has 0 aromatic heterocycles. The number of nitrogens with one attached hydrogen (secondary N) is 2. The molecular formula is C12H24Cl2N6O2. The Morgan fingerprint density at radius 1 is 0.818 bits per heavy atom. The van der Waals surface area contributed by atoms with Gasteiger partial charge in [-0.1, -0.05) is 0 Å². The van der Waals surface area contributed by atoms with Gasteiger partial charge in [0, 0.05) is 13.1 Å². The minimum absolute atomic E-state index is 0.396. The molecule has 0 atom stereocenters. The number of hydrogen-bond donors (Lipinski definition) is 4. The van der Waals surface area contributed by atoms with Gasteiger partial charge >= 0.3 is 0 Å². The molecular weight excluding hydrogens is 331 g/mol. The summed E-state index contributed by atoms with van der Waals surface area (Å²) in [4.78, 5) is 8.82. The van der Waals surface area contributed by atoms with Gasteiger partial charge in [0.1, 0.15) is 22.7 Å². The zero-order chi connectivity index (χ0) is 17.2. The predicted octanol–water partition coefficient (Wildman–Crippen LogP) is 1.26. The van der Waals surface area contributed by atoms with E-state index in [1.54, 1.807) is 0 Å². The van der Waals surface area contributed by atoms with Gasteiger partial charge in [-0.05, 0) is 27.7 Å². The van der Waals surface area contributed by atoms with Gasteiger partial charge in [-0.25, -0.2) is 0 Å². The molecule has 8 nitrogen and oxygen atoms in total. The summed E-state index contributed by atoms with van der Waals surface area (Å²) in [5.74, 6) is 1.84. The van der Waals surface area contributed by atoms with Crippen LogP contribution >= 0.6 is 23.7 Å². The van der Waals surface area contributed by atoms with E-state index in [1.807, 2.05) is 27.7 Å². The number of halogens is 2. The summed E-state index contributed by atoms with van der Waals surface area (Å²) in [7, 11) is 0. The number of aliphatic imine (C=N–C) groups is 2. The molecule has 0 spiro atoms. The molecule has 0 saturated carbocycles. The number of azo groups is 1. The summed E-state index contributed by atoms with van der Waals surface area (Å²) in [6.07, 6.45) is 0. The summed E-state index contributed by atoms with van der Waals surface area (Å²) in [5.41, 5.74) is -0.792. The van der Waals surface area contributed by atoms with Crippen molar-refractivity contribution in [2.24, 2.45) is 20.2 Å². The Labute approximate surface area is 141 Å². The van der Waals surface area contributed by atoms with Crippen LogP contribution in [0, 0.1) is 0 Å². The molecule has 4 N–H and O–H groups in total. The lowest BCUT2D eigenvalue weighted by molar-refractivity contribution is 0.552. The van der Waals surface area contributed by atoms with Gasteiger partial charge in [0.15, 0.2) is 0 Å². The molecule has 0 aromatic carbocycles. The van der Waals surface area contributed by atoms with E-state index in [2.05, 4.69) is 54.6 Å². The van der Waals surface area contributed by atoms with Crippen LogP contribution in [0.4, 0.5) is 0 Å². The smallest absolute Gasteiger partial charge is 0.133 e. The Bertz CT molecular complexity index is 386. The molecule has 128 valence electrons. The average Bonchev–Trinajstić information content (AvgIpc) is 3.23. The fourth-order valence-electron chi connectivity index (χ4n) is 1.96. The molecule has 2 heterocycles. The van der Waals surface area contributed by atoms with Gasteiger partial charge in [-0.3, -0.25) is 19.3 Å². The first-order valence-electron chi connectivity index (χ1n) is 6.77. The molecule has 0 unspecified atom stereocenters. The Hall–Kier alpha value is -0.960. The monoisotopic (exact) mass is 354 g/mol. The standard InChI is InChI=1S/C12H22N6.2ClHO/c1-11(2,9-13-5-6-14-9)17-18-12(3,4)10-15-7-8-16-10;2*1-2/h5-8H2,1-4H3,(H,13,14)(H,15,16);2*2H. The van der Waals surface area contributed by atoms with Gasteiger partial charge in [-0.15, -0.1) is 0 Å². The van der Waals surface area contributed by atoms with Crippen LogP contribution in [-0.2, 0) is 0 Å². The van der Waals surface area contributed by atoms with E-state index in [0.717, 1.165) is 37.9 Å². The van der Waals surface area contributed by atoms with Crippen LogP contribution in [0.5, 0.6) is 0 Å². The fourth-order valence-corrected chi connectivity index (χ4v) is 1.96. The second-order valence-electron chi connectivity index (χ2n) is 5.63. The number of hydrogen-bond acceptors (Lipinski definition) is 8. The number of nitrogens with zero attached hydrogens (tertiary/aromatic N) is 4. The third kappa shape index (κ3) is 6.04. The molecule has 22 heavy (non-hydrogen) atoms. The maximum Gasteiger partial charge on any atom is 0.133 e. The molecule has 10 heteroatoms. The summed E-state index contributed by atoms with van der Waals surface area (Å²) in [6.45, 7) is 11.5. The first-order chi connectivity index (χ1) is 10.4. The third-order valence-electron chi connectivity index (χ3n) is 3.06. The highest BCUT2D eigenvalue weighted by molar-refractivity contribution is 6.05. The molecule has 0 bridgehead atoms. The van der Waals surface area contributed by atoms with Gasteiger partial charge in [-0.2, -0.15) is 10.2 Å². The number of amidine groups is 2. The van der Waals surface area contributed by atoms with Crippen LogP contribution in [-0.4, -0.2) is 58.2 Å². The zero-order valence-corrected chi connectivity index (χ0v) is 14.8. The van der Waals surface area contributed by atoms with Gasteiger partial charge in [0.25, 0.3) is 0 Å². The maximum absolute atomic E-state index is 6.47. The van der Waals surface area contributed by atoms with Gasteiger partial charge < -0.3 is 10.6 Å². The van der Waals surface area contributed by atoms with E-state index in [1.165, 1.54) is 0 Å². The lowest BCUT2D eigenvalue weighted by atomic mass is 10.0. The second-order valence-corrected chi connectivity index (χ2v) is 5.63. The largest absolute Gasteiger partial charge is 0.370 e. The normalized spacial score (nSPS) is 17.5. The van der Waals surface area contributed by atoms with Crippen molar-refractivity contribution in [1.82, 2.24) is 10.6 Å². The lowest BCUT2D eigenvalue weighted by Crippen LogP contribution is -2.41. The second kappa shape index (κ2) is 9.94. The topological polar surface area (TPSA) is 114 Å². The summed E-state index contributed by atoms with van der Waals surface area (Å²) >= 11 is 7.28. The van der Waals surface area contributed by atoms with E-state index < -0.39 is 11.1 Å². The first kappa shape index (κ1) is 21.0. The molecule has 0 fully saturated rings. The molecule has 0 saturated heterocycles. The molecule has 2 aliphatic heterocycles. The highest BCUT2D eigenvalue weighted by Crippen LogP contribution is 2.19. The average molecular weight is 355 g/mol. The maximum atomic E-state index is 6.47. The highest BCUT2D eigenvalue weighted by atomic mass is 35.5. The van der Waals surface area contributed by atoms with Crippen LogP contribution in [0.3, 0.4) is 0 Å². The molecule has 0 amide bonds. The number of rotatable bonds is 4. The minimum atomic E-state index is -0.396. The van der Waals surface area contributed by atoms with E-state index >= 15 is 0 Å². The SMILES string of the molecule is CC(C)(N=NC(C)(C)C1=NCCN1)C1=NCCN1.OCl.OCl. The summed E-state index contributed by atoms with van der Waals surface area (Å²) < 4.78 is 12.9. The summed E-state index contributed by atoms with van der Waals surface area (Å²) in [6, 6.07) is 0. The zero-order valence-electron chi connectivity index (χ0n) is 13.3. The van der Waals surface area contributed by atoms with Crippen LogP contribution in [0.25, 0.3) is 0 Å². The van der Waals surface area contributed by atoms with Crippen LogP contribution in [0.2, 0.25) is 0 Å². The van der Waals surface area contributed by atoms with Crippen LogP contribution in [0.15, 0.2) is 20.2 Å². The molecule has 0 aliphatic carbocycles. The van der Waals surface area contributed by atoms with E-state index in [-0.39, 0.29) is 0 Å².